The smallest absolute Gasteiger partial charge is 0.328 e. The number of hydrogen-bond acceptors (Lipinski definition) is 3. The number of halogens is 3. The molecular formula is C9H6F3N3S. The minimum absolute atomic E-state index is 0.116. The number of H-pyrrole nitrogens is 1. The lowest BCUT2D eigenvalue weighted by Crippen LogP contribution is -2.06. The molecule has 16 heavy (non-hydrogen) atoms. The van der Waals surface area contributed by atoms with Crippen molar-refractivity contribution in [2.45, 2.75) is 13.1 Å². The Labute approximate surface area is 93.4 Å². The molecule has 0 saturated heterocycles. The van der Waals surface area contributed by atoms with Crippen LogP contribution in [0, 0.1) is 11.6 Å². The number of rotatable bonds is 0. The summed E-state index contributed by atoms with van der Waals surface area (Å²) in [6, 6.07) is 0.952. The zero-order chi connectivity index (χ0) is 11.9. The Hall–Kier alpha value is -1.50. The summed E-state index contributed by atoms with van der Waals surface area (Å²) in [7, 11) is 0. The average Bonchev–Trinajstić information content (AvgIpc) is 2.15. The topological polar surface area (TPSA) is 41.6 Å². The number of aromatic amines is 1. The third kappa shape index (κ3) is 1.90. The Balaban J connectivity index is 2.77. The summed E-state index contributed by atoms with van der Waals surface area (Å²) in [5, 5.41) is 0.204. The van der Waals surface area contributed by atoms with Crippen molar-refractivity contribution >= 4 is 23.3 Å². The molecule has 0 aliphatic carbocycles. The normalized spacial score (nSPS) is 12.0. The van der Waals surface area contributed by atoms with Crippen molar-refractivity contribution < 1.29 is 13.2 Å². The molecule has 0 radical (unpaired) electrons. The van der Waals surface area contributed by atoms with Crippen LogP contribution in [0.4, 0.5) is 13.2 Å². The largest absolute Gasteiger partial charge is 0.417 e. The van der Waals surface area contributed by atoms with Gasteiger partial charge in [0.15, 0.2) is 0 Å². The fourth-order valence-corrected chi connectivity index (χ4v) is 1.59. The number of fused-ring (bicyclic) bond motifs is 1. The monoisotopic (exact) mass is 245 g/mol. The second-order valence-electron chi connectivity index (χ2n) is 3.25. The number of pyridine rings is 1. The van der Waals surface area contributed by atoms with Crippen LogP contribution < -0.4 is 0 Å². The molecule has 7 heteroatoms. The Morgan fingerprint density at radius 3 is 2.69 bits per heavy atom. The minimum Gasteiger partial charge on any atom is -0.328 e. The Kier molecular flexibility index (Phi) is 2.42. The first-order valence-corrected chi connectivity index (χ1v) is 4.72. The number of hydrogen-bond donors (Lipinski definition) is 1. The molecule has 0 aliphatic heterocycles. The van der Waals surface area contributed by atoms with E-state index in [0.29, 0.717) is 11.5 Å². The van der Waals surface area contributed by atoms with Gasteiger partial charge in [-0.1, -0.05) is 12.2 Å². The Morgan fingerprint density at radius 1 is 1.38 bits per heavy atom. The van der Waals surface area contributed by atoms with E-state index in [4.69, 9.17) is 12.2 Å². The zero-order valence-corrected chi connectivity index (χ0v) is 8.91. The maximum atomic E-state index is 12.4. The van der Waals surface area contributed by atoms with E-state index in [0.717, 1.165) is 12.3 Å². The van der Waals surface area contributed by atoms with E-state index >= 15 is 0 Å². The van der Waals surface area contributed by atoms with Gasteiger partial charge in [-0.15, -0.1) is 0 Å². The van der Waals surface area contributed by atoms with Crippen LogP contribution in [0.5, 0.6) is 0 Å². The molecule has 0 spiro atoms. The van der Waals surface area contributed by atoms with Crippen LogP contribution in [-0.2, 0) is 6.18 Å². The molecule has 0 aromatic carbocycles. The number of aromatic nitrogens is 3. The first-order chi connectivity index (χ1) is 7.38. The van der Waals surface area contributed by atoms with Gasteiger partial charge in [-0.25, -0.2) is 9.97 Å². The summed E-state index contributed by atoms with van der Waals surface area (Å²) in [5.74, 6) is 0.518. The predicted molar refractivity (Wildman–Crippen MR) is 54.5 cm³/mol. The van der Waals surface area contributed by atoms with E-state index in [1.807, 2.05) is 0 Å². The van der Waals surface area contributed by atoms with Crippen LogP contribution in [0.1, 0.15) is 11.4 Å². The Bertz CT molecular complexity index is 603. The van der Waals surface area contributed by atoms with E-state index < -0.39 is 11.7 Å². The van der Waals surface area contributed by atoms with E-state index in [1.165, 1.54) is 0 Å². The summed E-state index contributed by atoms with van der Waals surface area (Å²) < 4.78 is 37.4. The standard InChI is InChI=1S/C9H6F3N3S/c1-4-14-7-6(8(16)15-4)2-5(3-13-7)9(10,11)12/h2-3H,1H3,(H,13,14,15,16). The van der Waals surface area contributed by atoms with Crippen molar-refractivity contribution in [3.8, 4) is 0 Å². The number of nitrogens with zero attached hydrogens (tertiary/aromatic N) is 2. The molecule has 2 rings (SSSR count). The van der Waals surface area contributed by atoms with E-state index in [9.17, 15) is 13.2 Å². The van der Waals surface area contributed by atoms with Gasteiger partial charge in [0.25, 0.3) is 0 Å². The molecule has 2 heterocycles. The average molecular weight is 245 g/mol. The van der Waals surface area contributed by atoms with E-state index in [-0.39, 0.29) is 10.0 Å². The van der Waals surface area contributed by atoms with Crippen molar-refractivity contribution in [1.82, 2.24) is 15.0 Å². The molecule has 3 nitrogen and oxygen atoms in total. The van der Waals surface area contributed by atoms with Gasteiger partial charge in [0.2, 0.25) is 0 Å². The summed E-state index contributed by atoms with van der Waals surface area (Å²) in [5.41, 5.74) is -0.518. The maximum Gasteiger partial charge on any atom is 0.417 e. The van der Waals surface area contributed by atoms with E-state index in [2.05, 4.69) is 15.0 Å². The highest BCUT2D eigenvalue weighted by atomic mass is 32.1. The lowest BCUT2D eigenvalue weighted by Gasteiger charge is -2.07. The van der Waals surface area contributed by atoms with Gasteiger partial charge in [0.05, 0.1) is 10.9 Å². The highest BCUT2D eigenvalue weighted by Crippen LogP contribution is 2.30. The lowest BCUT2D eigenvalue weighted by molar-refractivity contribution is -0.137. The molecule has 1 N–H and O–H groups in total. The number of aryl methyl sites for hydroxylation is 1. The van der Waals surface area contributed by atoms with Crippen LogP contribution in [0.3, 0.4) is 0 Å². The van der Waals surface area contributed by atoms with Gasteiger partial charge >= 0.3 is 6.18 Å². The van der Waals surface area contributed by atoms with Crippen LogP contribution in [-0.4, -0.2) is 15.0 Å². The molecule has 0 aliphatic rings. The quantitative estimate of drug-likeness (QED) is 0.725. The summed E-state index contributed by atoms with van der Waals surface area (Å²) in [6.07, 6.45) is -3.65. The second kappa shape index (κ2) is 3.51. The third-order valence-electron chi connectivity index (χ3n) is 2.01. The van der Waals surface area contributed by atoms with Gasteiger partial charge in [-0.2, -0.15) is 13.2 Å². The SMILES string of the molecule is Cc1nc(=S)c2cc(C(F)(F)F)cnc2[nH]1. The van der Waals surface area contributed by atoms with Crippen molar-refractivity contribution in [1.29, 1.82) is 0 Å². The lowest BCUT2D eigenvalue weighted by atomic mass is 10.2. The minimum atomic E-state index is -4.42. The highest BCUT2D eigenvalue weighted by molar-refractivity contribution is 7.71. The zero-order valence-electron chi connectivity index (χ0n) is 8.09. The molecule has 0 amide bonds. The van der Waals surface area contributed by atoms with Crippen molar-refractivity contribution in [3.63, 3.8) is 0 Å². The van der Waals surface area contributed by atoms with Gasteiger partial charge < -0.3 is 4.98 Å². The fraction of sp³-hybridized carbons (Fsp3) is 0.222. The first kappa shape index (κ1) is 11.0. The molecule has 0 unspecified atom stereocenters. The molecule has 0 atom stereocenters. The predicted octanol–water partition coefficient (Wildman–Crippen LogP) is 3.01. The van der Waals surface area contributed by atoms with Crippen molar-refractivity contribution in [2.24, 2.45) is 0 Å². The van der Waals surface area contributed by atoms with Crippen LogP contribution in [0.25, 0.3) is 11.0 Å². The maximum absolute atomic E-state index is 12.4. The number of alkyl halides is 3. The summed E-state index contributed by atoms with van der Waals surface area (Å²) >= 11 is 4.89. The third-order valence-corrected chi connectivity index (χ3v) is 2.33. The van der Waals surface area contributed by atoms with E-state index in [1.54, 1.807) is 6.92 Å². The van der Waals surface area contributed by atoms with Gasteiger partial charge in [-0.3, -0.25) is 0 Å². The molecule has 2 aromatic rings. The van der Waals surface area contributed by atoms with Gasteiger partial charge in [0.1, 0.15) is 16.1 Å². The Morgan fingerprint density at radius 2 is 2.06 bits per heavy atom. The van der Waals surface area contributed by atoms with Crippen LogP contribution in [0.15, 0.2) is 12.3 Å². The van der Waals surface area contributed by atoms with Crippen molar-refractivity contribution in [3.05, 3.63) is 28.3 Å². The molecule has 0 bridgehead atoms. The van der Waals surface area contributed by atoms with Crippen molar-refractivity contribution in [2.75, 3.05) is 0 Å². The van der Waals surface area contributed by atoms with Gasteiger partial charge in [-0.05, 0) is 13.0 Å². The molecule has 0 saturated carbocycles. The summed E-state index contributed by atoms with van der Waals surface area (Å²) in [4.78, 5) is 10.3. The van der Waals surface area contributed by atoms with Crippen LogP contribution >= 0.6 is 12.2 Å². The summed E-state index contributed by atoms with van der Waals surface area (Å²) in [6.45, 7) is 1.66. The molecule has 84 valence electrons. The highest BCUT2D eigenvalue weighted by Gasteiger charge is 2.31. The molecule has 0 fully saturated rings. The number of nitrogens with one attached hydrogen (secondary N) is 1. The fourth-order valence-electron chi connectivity index (χ4n) is 1.29. The second-order valence-corrected chi connectivity index (χ2v) is 3.63. The molecule has 2 aromatic heterocycles. The van der Waals surface area contributed by atoms with Crippen LogP contribution in [0.2, 0.25) is 0 Å². The first-order valence-electron chi connectivity index (χ1n) is 4.32. The van der Waals surface area contributed by atoms with Gasteiger partial charge in [0, 0.05) is 6.20 Å². The molecular weight excluding hydrogens is 239 g/mol.